The molecular formula is C18H24F2N4O2. The number of aryl methyl sites for hydroxylation is 2. The Labute approximate surface area is 151 Å². The van der Waals surface area contributed by atoms with E-state index in [0.717, 1.165) is 30.2 Å². The predicted octanol–water partition coefficient (Wildman–Crippen LogP) is 3.29. The third-order valence-electron chi connectivity index (χ3n) is 4.57. The Bertz CT molecular complexity index is 782. The summed E-state index contributed by atoms with van der Waals surface area (Å²) in [6.07, 6.45) is -0.216. The van der Waals surface area contributed by atoms with Crippen LogP contribution in [0.4, 0.5) is 8.78 Å². The van der Waals surface area contributed by atoms with Gasteiger partial charge < -0.3 is 9.32 Å². The van der Waals surface area contributed by atoms with Gasteiger partial charge >= 0.3 is 0 Å². The Hall–Kier alpha value is -2.25. The van der Waals surface area contributed by atoms with Gasteiger partial charge in [0.15, 0.2) is 5.89 Å². The van der Waals surface area contributed by atoms with E-state index < -0.39 is 6.43 Å². The Balaban J connectivity index is 1.64. The van der Waals surface area contributed by atoms with Crippen molar-refractivity contribution in [2.24, 2.45) is 5.92 Å². The van der Waals surface area contributed by atoms with E-state index in [1.165, 1.54) is 10.7 Å². The zero-order chi connectivity index (χ0) is 18.8. The van der Waals surface area contributed by atoms with Crippen molar-refractivity contribution < 1.29 is 18.0 Å². The zero-order valence-corrected chi connectivity index (χ0v) is 15.3. The fourth-order valence-corrected chi connectivity index (χ4v) is 3.01. The van der Waals surface area contributed by atoms with Crippen LogP contribution in [0.25, 0.3) is 0 Å². The number of amides is 1. The summed E-state index contributed by atoms with van der Waals surface area (Å²) in [5.41, 5.74) is 1.04. The number of oxazole rings is 1. The van der Waals surface area contributed by atoms with E-state index in [1.807, 2.05) is 0 Å². The number of hydrogen-bond acceptors (Lipinski definition) is 4. The van der Waals surface area contributed by atoms with Gasteiger partial charge in [0.1, 0.15) is 23.7 Å². The van der Waals surface area contributed by atoms with Crippen molar-refractivity contribution in [2.45, 2.75) is 59.5 Å². The van der Waals surface area contributed by atoms with Gasteiger partial charge in [0.25, 0.3) is 6.43 Å². The molecule has 26 heavy (non-hydrogen) atoms. The van der Waals surface area contributed by atoms with Crippen LogP contribution in [0.15, 0.2) is 10.5 Å². The molecule has 0 bridgehead atoms. The van der Waals surface area contributed by atoms with Crippen LogP contribution in [0.5, 0.6) is 0 Å². The standard InChI is InChI=1S/C18H24F2N4O2/c1-11(2)4-5-16-21-14-9-23(7-6-15(14)26-16)17(25)10-24-12(3)8-13(22-24)18(19)20/h8,11,18H,4-7,9-10H2,1-3H3. The first-order valence-corrected chi connectivity index (χ1v) is 8.91. The Kier molecular flexibility index (Phi) is 5.38. The molecule has 0 atom stereocenters. The van der Waals surface area contributed by atoms with Crippen molar-refractivity contribution in [2.75, 3.05) is 6.54 Å². The molecule has 0 spiro atoms. The van der Waals surface area contributed by atoms with Gasteiger partial charge in [-0.05, 0) is 25.3 Å². The number of hydrogen-bond donors (Lipinski definition) is 0. The van der Waals surface area contributed by atoms with Crippen molar-refractivity contribution in [1.29, 1.82) is 0 Å². The molecule has 0 aromatic carbocycles. The van der Waals surface area contributed by atoms with Crippen LogP contribution in [0.2, 0.25) is 0 Å². The highest BCUT2D eigenvalue weighted by molar-refractivity contribution is 5.76. The van der Waals surface area contributed by atoms with Crippen LogP contribution in [0.3, 0.4) is 0 Å². The molecule has 1 aliphatic rings. The number of carbonyl (C=O) groups is 1. The van der Waals surface area contributed by atoms with Crippen LogP contribution in [0.1, 0.15) is 55.4 Å². The van der Waals surface area contributed by atoms with Gasteiger partial charge in [-0.15, -0.1) is 0 Å². The molecule has 142 valence electrons. The number of rotatable bonds is 6. The summed E-state index contributed by atoms with van der Waals surface area (Å²) in [5, 5.41) is 3.82. The topological polar surface area (TPSA) is 64.2 Å². The minimum atomic E-state index is -2.64. The molecule has 3 rings (SSSR count). The molecule has 2 aromatic rings. The Morgan fingerprint density at radius 3 is 2.81 bits per heavy atom. The first-order chi connectivity index (χ1) is 12.3. The molecule has 6 nitrogen and oxygen atoms in total. The number of alkyl halides is 2. The fraction of sp³-hybridized carbons (Fsp3) is 0.611. The maximum Gasteiger partial charge on any atom is 0.282 e. The lowest BCUT2D eigenvalue weighted by Crippen LogP contribution is -2.38. The second-order valence-electron chi connectivity index (χ2n) is 7.14. The molecule has 2 aromatic heterocycles. The number of nitrogens with zero attached hydrogens (tertiary/aromatic N) is 4. The van der Waals surface area contributed by atoms with E-state index in [-0.39, 0.29) is 18.1 Å². The van der Waals surface area contributed by atoms with Crippen molar-refractivity contribution in [3.63, 3.8) is 0 Å². The molecule has 0 unspecified atom stereocenters. The molecule has 1 amide bonds. The van der Waals surface area contributed by atoms with Gasteiger partial charge in [-0.3, -0.25) is 9.48 Å². The molecule has 0 saturated heterocycles. The zero-order valence-electron chi connectivity index (χ0n) is 15.3. The number of halogens is 2. The van der Waals surface area contributed by atoms with Gasteiger partial charge in [-0.1, -0.05) is 13.8 Å². The smallest absolute Gasteiger partial charge is 0.282 e. The summed E-state index contributed by atoms with van der Waals surface area (Å²) < 4.78 is 32.6. The molecular weight excluding hydrogens is 342 g/mol. The molecule has 0 radical (unpaired) electrons. The SMILES string of the molecule is Cc1cc(C(F)F)nn1CC(=O)N1CCc2oc(CCC(C)C)nc2C1. The average molecular weight is 366 g/mol. The maximum atomic E-state index is 12.7. The first kappa shape index (κ1) is 18.5. The molecule has 0 aliphatic carbocycles. The number of fused-ring (bicyclic) bond motifs is 1. The highest BCUT2D eigenvalue weighted by Crippen LogP contribution is 2.22. The number of carbonyl (C=O) groups excluding carboxylic acids is 1. The lowest BCUT2D eigenvalue weighted by Gasteiger charge is -2.25. The lowest BCUT2D eigenvalue weighted by molar-refractivity contribution is -0.133. The molecule has 0 fully saturated rings. The average Bonchev–Trinajstić information content (AvgIpc) is 3.15. The summed E-state index contributed by atoms with van der Waals surface area (Å²) in [7, 11) is 0. The minimum Gasteiger partial charge on any atom is -0.445 e. The monoisotopic (exact) mass is 366 g/mol. The minimum absolute atomic E-state index is 0.0497. The van der Waals surface area contributed by atoms with E-state index in [2.05, 4.69) is 23.9 Å². The Morgan fingerprint density at radius 2 is 2.15 bits per heavy atom. The van der Waals surface area contributed by atoms with Crippen molar-refractivity contribution in [1.82, 2.24) is 19.7 Å². The molecule has 0 N–H and O–H groups in total. The van der Waals surface area contributed by atoms with Crippen molar-refractivity contribution >= 4 is 5.91 Å². The summed E-state index contributed by atoms with van der Waals surface area (Å²) in [6, 6.07) is 1.31. The van der Waals surface area contributed by atoms with Gasteiger partial charge in [-0.25, -0.2) is 13.8 Å². The normalized spacial score (nSPS) is 14.3. The third kappa shape index (κ3) is 4.11. The van der Waals surface area contributed by atoms with E-state index in [1.54, 1.807) is 11.8 Å². The third-order valence-corrected chi connectivity index (χ3v) is 4.57. The summed E-state index contributed by atoms with van der Waals surface area (Å²) in [6.45, 7) is 6.85. The molecule has 0 saturated carbocycles. The van der Waals surface area contributed by atoms with Crippen LogP contribution in [-0.2, 0) is 30.7 Å². The predicted molar refractivity (Wildman–Crippen MR) is 90.7 cm³/mol. The van der Waals surface area contributed by atoms with Crippen LogP contribution >= 0.6 is 0 Å². The van der Waals surface area contributed by atoms with E-state index >= 15 is 0 Å². The van der Waals surface area contributed by atoms with E-state index in [9.17, 15) is 13.6 Å². The second kappa shape index (κ2) is 7.55. The Morgan fingerprint density at radius 1 is 1.38 bits per heavy atom. The van der Waals surface area contributed by atoms with Crippen LogP contribution in [-0.4, -0.2) is 32.1 Å². The lowest BCUT2D eigenvalue weighted by atomic mass is 10.1. The number of aromatic nitrogens is 3. The van der Waals surface area contributed by atoms with Gasteiger partial charge in [-0.2, -0.15) is 5.10 Å². The summed E-state index contributed by atoms with van der Waals surface area (Å²) >= 11 is 0. The van der Waals surface area contributed by atoms with E-state index in [0.29, 0.717) is 31.1 Å². The quantitative estimate of drug-likeness (QED) is 0.787. The van der Waals surface area contributed by atoms with Crippen LogP contribution < -0.4 is 0 Å². The second-order valence-corrected chi connectivity index (χ2v) is 7.14. The highest BCUT2D eigenvalue weighted by Gasteiger charge is 2.26. The molecule has 3 heterocycles. The van der Waals surface area contributed by atoms with Gasteiger partial charge in [0, 0.05) is 25.1 Å². The van der Waals surface area contributed by atoms with Crippen molar-refractivity contribution in [3.05, 3.63) is 34.8 Å². The molecule has 1 aliphatic heterocycles. The van der Waals surface area contributed by atoms with Crippen LogP contribution in [0, 0.1) is 12.8 Å². The van der Waals surface area contributed by atoms with Crippen molar-refractivity contribution in [3.8, 4) is 0 Å². The summed E-state index contributed by atoms with van der Waals surface area (Å²) in [5.74, 6) is 1.99. The fourth-order valence-electron chi connectivity index (χ4n) is 3.01. The van der Waals surface area contributed by atoms with E-state index in [4.69, 9.17) is 4.42 Å². The highest BCUT2D eigenvalue weighted by atomic mass is 19.3. The largest absolute Gasteiger partial charge is 0.445 e. The summed E-state index contributed by atoms with van der Waals surface area (Å²) in [4.78, 5) is 18.8. The maximum absolute atomic E-state index is 12.7. The van der Waals surface area contributed by atoms with Gasteiger partial charge in [0.2, 0.25) is 5.91 Å². The van der Waals surface area contributed by atoms with Gasteiger partial charge in [0.05, 0.1) is 6.54 Å². The first-order valence-electron chi connectivity index (χ1n) is 8.91. The molecule has 8 heteroatoms.